The predicted molar refractivity (Wildman–Crippen MR) is 399 cm³/mol. The van der Waals surface area contributed by atoms with E-state index in [0.717, 1.165) is 81.8 Å². The Morgan fingerprint density at radius 3 is 1.57 bits per heavy atom. The van der Waals surface area contributed by atoms with Crippen molar-refractivity contribution in [3.8, 4) is 0 Å². The topological polar surface area (TPSA) is 312 Å². The number of alkyl carbamates (subject to hydrolysis) is 1. The average Bonchev–Trinajstić information content (AvgIpc) is 1.67. The zero-order valence-electron chi connectivity index (χ0n) is 55.2. The third-order valence-electron chi connectivity index (χ3n) is 17.8. The third kappa shape index (κ3) is 17.0. The molecule has 0 radical (unpaired) electrons. The standard InChI is InChI=1S/C24H33N5O5S2.C22H19ClF3N5O3S2.C20H19N5O3S2.7H2/c1-24(2,3)34-23(31)26-16-17-8-12-28(13-9-17)20-10-14-29(21(20)30)18-4-6-19(7-5-18)36(32,33)27-22-25-11-15-35-22;23-14-3-8-17-13(12-14)2-1-10-31(17)18-9-11-30(19(18)32)15-4-6-16(7-5-15)36(33,34)29-21-28-27-20(35-21)22(24,25)26;26-19-17(25-11-7-14-2-1-9-21-18(14)25)8-12-24(19)15-3-5-16(6-4-15)30(27,28)23-20-22-10-13-29-20;;;;;;;/h4-7,11,15,17,20H,8-10,12-14,16H2,1-3H3,(H,25,27)(H,26,31);3-8,12,18H,1-2,9-11H2,(H,28,29);1-6,9-10,13,17H,7-8,11-12H2,(H,22,23);7*1H/t20-;18-;17-;;;;;;;/m001......./s1. The lowest BCUT2D eigenvalue weighted by Crippen LogP contribution is -2.47. The number of rotatable bonds is 17. The zero-order chi connectivity index (χ0) is 72.3. The van der Waals surface area contributed by atoms with Crippen LogP contribution in [0.5, 0.6) is 0 Å². The molecule has 4 amide bonds. The Morgan fingerprint density at radius 1 is 0.578 bits per heavy atom. The van der Waals surface area contributed by atoms with Crippen LogP contribution in [0.2, 0.25) is 5.02 Å². The number of likely N-dealkylation sites (tertiary alicyclic amines) is 1. The maximum Gasteiger partial charge on any atom is 0.445 e. The number of anilines is 8. The normalized spacial score (nSPS) is 19.0. The molecular formula is C66H85ClF3N15O11S6. The summed E-state index contributed by atoms with van der Waals surface area (Å²) in [6.45, 7) is 10.9. The molecule has 14 rings (SSSR count). The van der Waals surface area contributed by atoms with Crippen molar-refractivity contribution in [2.24, 2.45) is 5.92 Å². The molecule has 0 unspecified atom stereocenters. The van der Waals surface area contributed by atoms with Crippen LogP contribution in [0, 0.1) is 5.92 Å². The number of sulfonamides is 3. The largest absolute Gasteiger partial charge is 0.445 e. The van der Waals surface area contributed by atoms with E-state index in [2.05, 4.69) is 60.7 Å². The van der Waals surface area contributed by atoms with Gasteiger partial charge in [0.2, 0.25) is 27.9 Å². The van der Waals surface area contributed by atoms with Crippen molar-refractivity contribution in [2.75, 3.05) is 91.0 Å². The van der Waals surface area contributed by atoms with Crippen LogP contribution < -0.4 is 44.0 Å². The molecule has 6 aliphatic rings. The molecule has 4 aromatic carbocycles. The Bertz CT molecular complexity index is 4720. The molecule has 0 bridgehead atoms. The van der Waals surface area contributed by atoms with E-state index in [-0.39, 0.29) is 71.9 Å². The Kier molecular flexibility index (Phi) is 21.8. The van der Waals surface area contributed by atoms with Crippen molar-refractivity contribution in [2.45, 2.75) is 117 Å². The lowest BCUT2D eigenvalue weighted by Gasteiger charge is -2.35. The van der Waals surface area contributed by atoms with Gasteiger partial charge >= 0.3 is 12.3 Å². The van der Waals surface area contributed by atoms with E-state index in [4.69, 9.17) is 16.3 Å². The van der Waals surface area contributed by atoms with Gasteiger partial charge in [0.15, 0.2) is 10.3 Å². The molecule has 10 heterocycles. The minimum atomic E-state index is -4.72. The van der Waals surface area contributed by atoms with Crippen LogP contribution in [0.3, 0.4) is 0 Å². The Hall–Kier alpha value is -8.58. The second-order valence-electron chi connectivity index (χ2n) is 25.6. The van der Waals surface area contributed by atoms with Crippen molar-refractivity contribution >= 4 is 143 Å². The number of thiazole rings is 2. The van der Waals surface area contributed by atoms with Gasteiger partial charge in [0.1, 0.15) is 23.5 Å². The summed E-state index contributed by atoms with van der Waals surface area (Å²) < 4.78 is 126. The number of carbonyl (C=O) groups excluding carboxylic acids is 4. The number of fused-ring (bicyclic) bond motifs is 2. The molecule has 26 nitrogen and oxygen atoms in total. The summed E-state index contributed by atoms with van der Waals surface area (Å²) in [5.74, 6) is 1.23. The summed E-state index contributed by atoms with van der Waals surface area (Å²) in [5, 5.41) is 12.0. The van der Waals surface area contributed by atoms with E-state index in [1.165, 1.54) is 89.2 Å². The van der Waals surface area contributed by atoms with E-state index < -0.39 is 58.1 Å². The highest BCUT2D eigenvalue weighted by Gasteiger charge is 2.43. The summed E-state index contributed by atoms with van der Waals surface area (Å²) in [5.41, 5.74) is 4.68. The Labute approximate surface area is 614 Å². The summed E-state index contributed by atoms with van der Waals surface area (Å²) in [6, 6.07) is 27.2. The Morgan fingerprint density at radius 2 is 1.08 bits per heavy atom. The fraction of sp³-hybridized carbons (Fsp3) is 0.379. The van der Waals surface area contributed by atoms with Crippen molar-refractivity contribution < 1.29 is 72.3 Å². The first-order valence-electron chi connectivity index (χ1n) is 32.6. The van der Waals surface area contributed by atoms with Gasteiger partial charge in [-0.15, -0.1) is 32.9 Å². The molecule has 4 fully saturated rings. The van der Waals surface area contributed by atoms with Gasteiger partial charge in [-0.3, -0.25) is 33.4 Å². The van der Waals surface area contributed by atoms with Gasteiger partial charge in [-0.25, -0.2) is 45.0 Å². The molecule has 4 aromatic heterocycles. The molecule has 3 atom stereocenters. The number of aromatic nitrogens is 5. The molecule has 6 aliphatic heterocycles. The SMILES string of the molecule is CC(C)(C)OC(=O)NCC1CCN([C@H]2CCN(c3ccc(S(=O)(=O)Nc4nccs4)cc3)C2=O)CC1.O=C1[C@@H](N2CCCc3cc(Cl)ccc32)CCN1c1ccc(S(=O)(=O)Nc2nnc(C(F)(F)F)s2)cc1.O=C1[C@H](N2CCc3cccnc32)CCN1c1ccc(S(=O)(=O)Nc2nccs2)cc1.[HH].[HH].[HH].[HH].[HH].[HH].[HH]. The van der Waals surface area contributed by atoms with E-state index in [9.17, 15) is 57.6 Å². The Balaban J connectivity index is 0.000000285. The number of nitrogens with one attached hydrogen (secondary N) is 4. The fourth-order valence-electron chi connectivity index (χ4n) is 13.0. The molecular weight excluding hydrogens is 1460 g/mol. The van der Waals surface area contributed by atoms with Crippen LogP contribution in [0.15, 0.2) is 147 Å². The van der Waals surface area contributed by atoms with Crippen LogP contribution in [-0.4, -0.2) is 155 Å². The van der Waals surface area contributed by atoms with Crippen molar-refractivity contribution in [3.63, 3.8) is 0 Å². The van der Waals surface area contributed by atoms with Crippen LogP contribution in [0.25, 0.3) is 0 Å². The minimum Gasteiger partial charge on any atom is -0.444 e. The lowest BCUT2D eigenvalue weighted by molar-refractivity contribution is -0.138. The highest BCUT2D eigenvalue weighted by Crippen LogP contribution is 2.39. The summed E-state index contributed by atoms with van der Waals surface area (Å²) in [7, 11) is -11.6. The van der Waals surface area contributed by atoms with Crippen molar-refractivity contribution in [1.29, 1.82) is 0 Å². The maximum absolute atomic E-state index is 13.3. The highest BCUT2D eigenvalue weighted by molar-refractivity contribution is 7.93. The van der Waals surface area contributed by atoms with E-state index in [1.807, 2.05) is 49.8 Å². The molecule has 36 heteroatoms. The van der Waals surface area contributed by atoms with Gasteiger partial charge in [0.05, 0.1) is 20.7 Å². The van der Waals surface area contributed by atoms with Gasteiger partial charge in [-0.1, -0.05) is 29.0 Å². The van der Waals surface area contributed by atoms with E-state index in [0.29, 0.717) is 77.3 Å². The number of aryl methyl sites for hydroxylation is 1. The van der Waals surface area contributed by atoms with Crippen molar-refractivity contribution in [3.05, 3.63) is 154 Å². The second kappa shape index (κ2) is 30.4. The lowest BCUT2D eigenvalue weighted by atomic mass is 9.95. The number of benzene rings is 4. The quantitative estimate of drug-likeness (QED) is 0.0658. The number of pyridine rings is 1. The number of piperidine rings is 1. The molecule has 554 valence electrons. The maximum atomic E-state index is 13.3. The molecule has 4 saturated heterocycles. The summed E-state index contributed by atoms with van der Waals surface area (Å²) in [6.07, 6.45) is 6.27. The van der Waals surface area contributed by atoms with Crippen LogP contribution in [0.4, 0.5) is 61.9 Å². The fourth-order valence-corrected chi connectivity index (χ4v) is 18.6. The third-order valence-corrected chi connectivity index (χ3v) is 24.8. The molecule has 0 saturated carbocycles. The van der Waals surface area contributed by atoms with Crippen LogP contribution in [-0.2, 0) is 68.2 Å². The number of ether oxygens (including phenoxy) is 1. The van der Waals surface area contributed by atoms with Gasteiger partial charge in [-0.2, -0.15) is 13.2 Å². The first-order chi connectivity index (χ1) is 48.6. The first-order valence-corrected chi connectivity index (χ1v) is 40.0. The molecule has 0 spiro atoms. The molecule has 0 aliphatic carbocycles. The minimum absolute atomic E-state index is 0. The number of hydrogen-bond donors (Lipinski definition) is 4. The van der Waals surface area contributed by atoms with Gasteiger partial charge in [0.25, 0.3) is 30.1 Å². The van der Waals surface area contributed by atoms with Crippen molar-refractivity contribution in [1.82, 2.24) is 35.4 Å². The summed E-state index contributed by atoms with van der Waals surface area (Å²) in [4.78, 5) is 75.4. The number of amides is 4. The predicted octanol–water partition coefficient (Wildman–Crippen LogP) is 12.1. The van der Waals surface area contributed by atoms with Gasteiger partial charge < -0.3 is 34.6 Å². The van der Waals surface area contributed by atoms with Gasteiger partial charge in [0, 0.05) is 106 Å². The second-order valence-corrected chi connectivity index (χ2v) is 33.9. The molecule has 102 heavy (non-hydrogen) atoms. The highest BCUT2D eigenvalue weighted by atomic mass is 35.5. The van der Waals surface area contributed by atoms with E-state index in [1.54, 1.807) is 55.9 Å². The number of halogens is 4. The number of alkyl halides is 3. The molecule has 8 aromatic rings. The number of hydrogen-bond acceptors (Lipinski definition) is 22. The first kappa shape index (κ1) is 73.2. The zero-order valence-corrected chi connectivity index (χ0v) is 60.9. The van der Waals surface area contributed by atoms with Crippen LogP contribution >= 0.6 is 45.6 Å². The summed E-state index contributed by atoms with van der Waals surface area (Å²) >= 11 is 8.64. The average molecular weight is 1550 g/mol. The van der Waals surface area contributed by atoms with Gasteiger partial charge in [-0.05, 0) is 199 Å². The molecule has 4 N–H and O–H groups in total. The smallest absolute Gasteiger partial charge is 0.444 e. The number of carbonyl (C=O) groups is 4. The number of nitrogens with zero attached hydrogens (tertiary/aromatic N) is 11. The monoisotopic (exact) mass is 1550 g/mol. The van der Waals surface area contributed by atoms with E-state index >= 15 is 0 Å². The van der Waals surface area contributed by atoms with Crippen LogP contribution in [0.1, 0.15) is 85.4 Å².